The van der Waals surface area contributed by atoms with Crippen molar-refractivity contribution in [3.63, 3.8) is 0 Å². The van der Waals surface area contributed by atoms with Gasteiger partial charge < -0.3 is 15.8 Å². The van der Waals surface area contributed by atoms with E-state index in [1.807, 2.05) is 18.3 Å². The van der Waals surface area contributed by atoms with Gasteiger partial charge in [0.15, 0.2) is 0 Å². The van der Waals surface area contributed by atoms with Crippen LogP contribution in [0.15, 0.2) is 24.4 Å². The molecule has 2 aromatic rings. The lowest BCUT2D eigenvalue weighted by Crippen LogP contribution is -1.97. The molecule has 0 aliphatic heterocycles. The summed E-state index contributed by atoms with van der Waals surface area (Å²) in [5.41, 5.74) is 7.20. The van der Waals surface area contributed by atoms with Crippen molar-refractivity contribution in [2.45, 2.75) is 6.54 Å². The van der Waals surface area contributed by atoms with Gasteiger partial charge in [0, 0.05) is 18.3 Å². The number of phenols is 1. The van der Waals surface area contributed by atoms with Crippen LogP contribution in [0.3, 0.4) is 0 Å². The van der Waals surface area contributed by atoms with Crippen molar-refractivity contribution in [3.05, 3.63) is 30.0 Å². The van der Waals surface area contributed by atoms with Crippen molar-refractivity contribution in [2.24, 2.45) is 5.73 Å². The zero-order valence-corrected chi connectivity index (χ0v) is 6.54. The fourth-order valence-electron chi connectivity index (χ4n) is 1.39. The molecular weight excluding hydrogens is 152 g/mol. The normalized spacial score (nSPS) is 10.8. The van der Waals surface area contributed by atoms with Crippen molar-refractivity contribution >= 4 is 10.9 Å². The van der Waals surface area contributed by atoms with E-state index in [1.54, 1.807) is 6.07 Å². The van der Waals surface area contributed by atoms with Crippen LogP contribution in [0.2, 0.25) is 0 Å². The lowest BCUT2D eigenvalue weighted by molar-refractivity contribution is 0.469. The average Bonchev–Trinajstić information content (AvgIpc) is 2.52. The van der Waals surface area contributed by atoms with Crippen molar-refractivity contribution < 1.29 is 5.11 Å². The molecule has 0 atom stereocenters. The summed E-state index contributed by atoms with van der Waals surface area (Å²) in [5, 5.41) is 10.5. The number of fused-ring (bicyclic) bond motifs is 1. The lowest BCUT2D eigenvalue weighted by Gasteiger charge is -2.02. The summed E-state index contributed by atoms with van der Waals surface area (Å²) in [7, 11) is 0. The van der Waals surface area contributed by atoms with Gasteiger partial charge in [-0.15, -0.1) is 0 Å². The summed E-state index contributed by atoms with van der Waals surface area (Å²) in [6.45, 7) is 0.351. The number of aromatic amines is 1. The Bertz CT molecular complexity index is 406. The summed E-state index contributed by atoms with van der Waals surface area (Å²) in [4.78, 5) is 3.04. The molecule has 0 bridgehead atoms. The van der Waals surface area contributed by atoms with Gasteiger partial charge in [-0.05, 0) is 23.6 Å². The van der Waals surface area contributed by atoms with Crippen molar-refractivity contribution in [2.75, 3.05) is 0 Å². The van der Waals surface area contributed by atoms with Crippen LogP contribution in [0.25, 0.3) is 10.9 Å². The topological polar surface area (TPSA) is 62.0 Å². The fraction of sp³-hybridized carbons (Fsp3) is 0.111. The minimum absolute atomic E-state index is 0.257. The van der Waals surface area contributed by atoms with Crippen LogP contribution >= 0.6 is 0 Å². The number of nitrogens with two attached hydrogens (primary N) is 1. The maximum absolute atomic E-state index is 9.43. The third-order valence-corrected chi connectivity index (χ3v) is 2.02. The highest BCUT2D eigenvalue weighted by Crippen LogP contribution is 2.25. The van der Waals surface area contributed by atoms with E-state index in [0.29, 0.717) is 6.54 Å². The third kappa shape index (κ3) is 0.871. The molecule has 4 N–H and O–H groups in total. The Kier molecular flexibility index (Phi) is 1.52. The summed E-state index contributed by atoms with van der Waals surface area (Å²) >= 11 is 0. The monoisotopic (exact) mass is 162 g/mol. The maximum Gasteiger partial charge on any atom is 0.122 e. The predicted molar refractivity (Wildman–Crippen MR) is 47.9 cm³/mol. The second kappa shape index (κ2) is 2.53. The standard InChI is InChI=1S/C9H10N2O/c10-5-7-8(12)2-1-6-3-4-11-9(6)7/h1-4,11-12H,5,10H2. The molecule has 0 fully saturated rings. The lowest BCUT2D eigenvalue weighted by atomic mass is 10.1. The highest BCUT2D eigenvalue weighted by Gasteiger charge is 2.04. The zero-order chi connectivity index (χ0) is 8.55. The molecule has 12 heavy (non-hydrogen) atoms. The van der Waals surface area contributed by atoms with E-state index in [-0.39, 0.29) is 5.75 Å². The molecule has 0 aliphatic carbocycles. The quantitative estimate of drug-likeness (QED) is 0.592. The molecule has 0 saturated heterocycles. The number of phenolic OH excluding ortho intramolecular Hbond substituents is 1. The number of H-pyrrole nitrogens is 1. The van der Waals surface area contributed by atoms with Gasteiger partial charge in [-0.3, -0.25) is 0 Å². The Labute approximate surface area is 69.8 Å². The highest BCUT2D eigenvalue weighted by molar-refractivity contribution is 5.84. The average molecular weight is 162 g/mol. The number of rotatable bonds is 1. The number of hydrogen-bond donors (Lipinski definition) is 3. The van der Waals surface area contributed by atoms with E-state index in [2.05, 4.69) is 4.98 Å². The molecule has 0 aliphatic rings. The van der Waals surface area contributed by atoms with E-state index in [0.717, 1.165) is 16.5 Å². The SMILES string of the molecule is NCc1c(O)ccc2cc[nH]c12. The van der Waals surface area contributed by atoms with Gasteiger partial charge in [0.05, 0.1) is 5.52 Å². The van der Waals surface area contributed by atoms with Crippen molar-refractivity contribution in [3.8, 4) is 5.75 Å². The highest BCUT2D eigenvalue weighted by atomic mass is 16.3. The van der Waals surface area contributed by atoms with Crippen molar-refractivity contribution in [1.82, 2.24) is 4.98 Å². The zero-order valence-electron chi connectivity index (χ0n) is 6.54. The minimum atomic E-state index is 0.257. The summed E-state index contributed by atoms with van der Waals surface area (Å²) < 4.78 is 0. The Balaban J connectivity index is 2.83. The van der Waals surface area contributed by atoms with Gasteiger partial charge in [0.2, 0.25) is 0 Å². The van der Waals surface area contributed by atoms with Gasteiger partial charge in [-0.2, -0.15) is 0 Å². The van der Waals surface area contributed by atoms with Gasteiger partial charge in [0.1, 0.15) is 5.75 Å². The summed E-state index contributed by atoms with van der Waals surface area (Å²) in [6.07, 6.45) is 1.84. The first-order valence-corrected chi connectivity index (χ1v) is 3.81. The molecule has 3 heteroatoms. The molecule has 0 spiro atoms. The van der Waals surface area contributed by atoms with Crippen LogP contribution in [0, 0.1) is 0 Å². The Morgan fingerprint density at radius 2 is 2.17 bits per heavy atom. The molecule has 0 amide bonds. The minimum Gasteiger partial charge on any atom is -0.508 e. The first kappa shape index (κ1) is 7.18. The molecule has 0 unspecified atom stereocenters. The van der Waals surface area contributed by atoms with E-state index in [9.17, 15) is 5.11 Å². The molecule has 0 radical (unpaired) electrons. The van der Waals surface area contributed by atoms with Crippen LogP contribution in [0.5, 0.6) is 5.75 Å². The van der Waals surface area contributed by atoms with Gasteiger partial charge >= 0.3 is 0 Å². The largest absolute Gasteiger partial charge is 0.508 e. The van der Waals surface area contributed by atoms with Crippen LogP contribution in [0.1, 0.15) is 5.56 Å². The first-order chi connectivity index (χ1) is 5.83. The van der Waals surface area contributed by atoms with Gasteiger partial charge in [-0.1, -0.05) is 0 Å². The fourth-order valence-corrected chi connectivity index (χ4v) is 1.39. The Morgan fingerprint density at radius 3 is 2.92 bits per heavy atom. The second-order valence-electron chi connectivity index (χ2n) is 2.71. The molecule has 1 aromatic heterocycles. The molecule has 62 valence electrons. The van der Waals surface area contributed by atoms with E-state index < -0.39 is 0 Å². The second-order valence-corrected chi connectivity index (χ2v) is 2.71. The number of benzene rings is 1. The van der Waals surface area contributed by atoms with E-state index >= 15 is 0 Å². The summed E-state index contributed by atoms with van der Waals surface area (Å²) in [6, 6.07) is 5.48. The van der Waals surface area contributed by atoms with Crippen LogP contribution in [-0.4, -0.2) is 10.1 Å². The molecule has 3 nitrogen and oxygen atoms in total. The number of aromatic nitrogens is 1. The Morgan fingerprint density at radius 1 is 1.33 bits per heavy atom. The van der Waals surface area contributed by atoms with Gasteiger partial charge in [-0.25, -0.2) is 0 Å². The number of aromatic hydroxyl groups is 1. The van der Waals surface area contributed by atoms with Crippen LogP contribution in [0.4, 0.5) is 0 Å². The van der Waals surface area contributed by atoms with E-state index in [4.69, 9.17) is 5.73 Å². The Hall–Kier alpha value is -1.48. The molecular formula is C9H10N2O. The van der Waals surface area contributed by atoms with Crippen LogP contribution in [-0.2, 0) is 6.54 Å². The summed E-state index contributed by atoms with van der Waals surface area (Å²) in [5.74, 6) is 0.257. The molecule has 0 saturated carbocycles. The van der Waals surface area contributed by atoms with Crippen LogP contribution < -0.4 is 5.73 Å². The smallest absolute Gasteiger partial charge is 0.122 e. The predicted octanol–water partition coefficient (Wildman–Crippen LogP) is 1.33. The molecule has 1 heterocycles. The first-order valence-electron chi connectivity index (χ1n) is 3.81. The number of nitrogens with one attached hydrogen (secondary N) is 1. The third-order valence-electron chi connectivity index (χ3n) is 2.02. The van der Waals surface area contributed by atoms with Gasteiger partial charge in [0.25, 0.3) is 0 Å². The maximum atomic E-state index is 9.43. The molecule has 1 aromatic carbocycles. The number of hydrogen-bond acceptors (Lipinski definition) is 2. The van der Waals surface area contributed by atoms with E-state index in [1.165, 1.54) is 0 Å². The molecule has 2 rings (SSSR count). The van der Waals surface area contributed by atoms with Crippen molar-refractivity contribution in [1.29, 1.82) is 0 Å².